The second-order valence-electron chi connectivity index (χ2n) is 6.46. The topological polar surface area (TPSA) is 37.4 Å². The first-order valence-corrected chi connectivity index (χ1v) is 7.54. The number of nitrogens with one attached hydrogen (secondary N) is 1. The molecule has 1 aliphatic rings. The summed E-state index contributed by atoms with van der Waals surface area (Å²) in [6.07, 6.45) is 3.33. The lowest BCUT2D eigenvalue weighted by Gasteiger charge is -2.34. The smallest absolute Gasteiger partial charge is 0.0748 e. The quantitative estimate of drug-likeness (QED) is 0.918. The highest BCUT2D eigenvalue weighted by molar-refractivity contribution is 5.47. The summed E-state index contributed by atoms with van der Waals surface area (Å²) in [7, 11) is 0. The molecule has 1 aromatic rings. The Balaban J connectivity index is 2.01. The van der Waals surface area contributed by atoms with E-state index in [9.17, 15) is 0 Å². The Morgan fingerprint density at radius 1 is 1.45 bits per heavy atom. The fourth-order valence-electron chi connectivity index (χ4n) is 2.32. The molecule has 2 rings (SSSR count). The molecule has 0 radical (unpaired) electrons. The van der Waals surface area contributed by atoms with Crippen LogP contribution in [0.3, 0.4) is 0 Å². The Morgan fingerprint density at radius 3 is 2.95 bits per heavy atom. The molecule has 0 aliphatic carbocycles. The van der Waals surface area contributed by atoms with E-state index in [1.165, 1.54) is 5.69 Å². The summed E-state index contributed by atoms with van der Waals surface area (Å²) in [5, 5.41) is 3.48. The molecule has 1 aliphatic heterocycles. The van der Waals surface area contributed by atoms with Crippen molar-refractivity contribution in [2.24, 2.45) is 0 Å². The minimum atomic E-state index is 0.115. The van der Waals surface area contributed by atoms with Gasteiger partial charge >= 0.3 is 0 Å². The van der Waals surface area contributed by atoms with E-state index in [0.29, 0.717) is 6.10 Å². The molecule has 20 heavy (non-hydrogen) atoms. The van der Waals surface area contributed by atoms with E-state index >= 15 is 0 Å². The van der Waals surface area contributed by atoms with Crippen LogP contribution in [0, 0.1) is 0 Å². The lowest BCUT2D eigenvalue weighted by atomic mass is 10.1. The minimum absolute atomic E-state index is 0.115. The van der Waals surface area contributed by atoms with Crippen LogP contribution in [0.4, 0.5) is 5.69 Å². The van der Waals surface area contributed by atoms with Gasteiger partial charge in [0.05, 0.1) is 18.4 Å². The van der Waals surface area contributed by atoms with E-state index in [-0.39, 0.29) is 5.54 Å². The molecular weight excluding hydrogens is 250 g/mol. The van der Waals surface area contributed by atoms with Crippen LogP contribution in [-0.4, -0.2) is 36.3 Å². The molecule has 112 valence electrons. The summed E-state index contributed by atoms with van der Waals surface area (Å²) < 4.78 is 5.73. The highest BCUT2D eigenvalue weighted by atomic mass is 16.5. The van der Waals surface area contributed by atoms with E-state index in [1.807, 2.05) is 6.20 Å². The Kier molecular flexibility index (Phi) is 5.00. The second kappa shape index (κ2) is 6.55. The van der Waals surface area contributed by atoms with Crippen molar-refractivity contribution < 1.29 is 4.74 Å². The maximum atomic E-state index is 5.73. The highest BCUT2D eigenvalue weighted by Crippen LogP contribution is 2.19. The van der Waals surface area contributed by atoms with E-state index in [2.05, 4.69) is 55.0 Å². The van der Waals surface area contributed by atoms with Crippen LogP contribution in [0.25, 0.3) is 0 Å². The molecule has 1 fully saturated rings. The largest absolute Gasteiger partial charge is 0.375 e. The maximum absolute atomic E-state index is 5.73. The summed E-state index contributed by atoms with van der Waals surface area (Å²) in [6, 6.07) is 4.29. The summed E-state index contributed by atoms with van der Waals surface area (Å²) >= 11 is 0. The van der Waals surface area contributed by atoms with Crippen molar-refractivity contribution >= 4 is 5.69 Å². The molecule has 2 heterocycles. The first-order chi connectivity index (χ1) is 9.48. The van der Waals surface area contributed by atoms with Crippen molar-refractivity contribution in [1.29, 1.82) is 0 Å². The fraction of sp³-hybridized carbons (Fsp3) is 0.688. The zero-order valence-corrected chi connectivity index (χ0v) is 13.1. The molecular formula is C16H27N3O. The average molecular weight is 277 g/mol. The van der Waals surface area contributed by atoms with Crippen molar-refractivity contribution in [3.63, 3.8) is 0 Å². The molecule has 1 unspecified atom stereocenters. The molecule has 1 N–H and O–H groups in total. The lowest BCUT2D eigenvalue weighted by Crippen LogP contribution is -2.42. The predicted octanol–water partition coefficient (Wildman–Crippen LogP) is 2.58. The van der Waals surface area contributed by atoms with Gasteiger partial charge in [-0.15, -0.1) is 0 Å². The molecule has 1 atom stereocenters. The number of rotatable bonds is 4. The Hall–Kier alpha value is -1.13. The lowest BCUT2D eigenvalue weighted by molar-refractivity contribution is 0.0384. The maximum Gasteiger partial charge on any atom is 0.0748 e. The minimum Gasteiger partial charge on any atom is -0.375 e. The van der Waals surface area contributed by atoms with Gasteiger partial charge in [0.2, 0.25) is 0 Å². The molecule has 0 saturated carbocycles. The molecule has 4 heteroatoms. The fourth-order valence-corrected chi connectivity index (χ4v) is 2.32. The summed E-state index contributed by atoms with van der Waals surface area (Å²) in [6.45, 7) is 12.3. The van der Waals surface area contributed by atoms with Crippen LogP contribution in [0.15, 0.2) is 18.3 Å². The summed E-state index contributed by atoms with van der Waals surface area (Å²) in [4.78, 5) is 6.86. The number of aromatic nitrogens is 1. The monoisotopic (exact) mass is 277 g/mol. The van der Waals surface area contributed by atoms with Crippen LogP contribution >= 0.6 is 0 Å². The molecule has 1 saturated heterocycles. The molecule has 4 nitrogen and oxygen atoms in total. The zero-order chi connectivity index (χ0) is 14.6. The van der Waals surface area contributed by atoms with Gasteiger partial charge in [-0.3, -0.25) is 4.98 Å². The van der Waals surface area contributed by atoms with E-state index in [0.717, 1.165) is 38.4 Å². The second-order valence-corrected chi connectivity index (χ2v) is 6.46. The standard InChI is InChI=1S/C16H27N3O/c1-5-15-12-19(8-9-20-15)14-6-7-17-13(10-14)11-18-16(2,3)4/h6-7,10,15,18H,5,8-9,11-12H2,1-4H3. The van der Waals surface area contributed by atoms with Crippen LogP contribution in [0.1, 0.15) is 39.8 Å². The van der Waals surface area contributed by atoms with Gasteiger partial charge in [0.25, 0.3) is 0 Å². The third-order valence-electron chi connectivity index (χ3n) is 3.56. The number of ether oxygens (including phenoxy) is 1. The third kappa shape index (κ3) is 4.46. The summed E-state index contributed by atoms with van der Waals surface area (Å²) in [5.41, 5.74) is 2.47. The van der Waals surface area contributed by atoms with Gasteiger partial charge in [0.1, 0.15) is 0 Å². The van der Waals surface area contributed by atoms with Crippen molar-refractivity contribution in [3.05, 3.63) is 24.0 Å². The Labute approximate surface area is 122 Å². The third-order valence-corrected chi connectivity index (χ3v) is 3.56. The van der Waals surface area contributed by atoms with Gasteiger partial charge in [0.15, 0.2) is 0 Å². The number of pyridine rings is 1. The predicted molar refractivity (Wildman–Crippen MR) is 83.1 cm³/mol. The van der Waals surface area contributed by atoms with E-state index in [4.69, 9.17) is 4.74 Å². The Bertz CT molecular complexity index is 428. The number of anilines is 1. The van der Waals surface area contributed by atoms with Gasteiger partial charge in [0, 0.05) is 37.1 Å². The van der Waals surface area contributed by atoms with Gasteiger partial charge in [-0.25, -0.2) is 0 Å². The van der Waals surface area contributed by atoms with Crippen LogP contribution in [0.5, 0.6) is 0 Å². The number of morpholine rings is 1. The Morgan fingerprint density at radius 2 is 2.25 bits per heavy atom. The van der Waals surface area contributed by atoms with E-state index < -0.39 is 0 Å². The average Bonchev–Trinajstić information content (AvgIpc) is 2.45. The van der Waals surface area contributed by atoms with Crippen molar-refractivity contribution in [3.8, 4) is 0 Å². The number of hydrogen-bond donors (Lipinski definition) is 1. The normalized spacial score (nSPS) is 20.2. The van der Waals surface area contributed by atoms with Gasteiger partial charge in [-0.1, -0.05) is 6.92 Å². The van der Waals surface area contributed by atoms with Crippen molar-refractivity contribution in [2.75, 3.05) is 24.6 Å². The van der Waals surface area contributed by atoms with Crippen molar-refractivity contribution in [2.45, 2.75) is 52.3 Å². The SMILES string of the molecule is CCC1CN(c2ccnc(CNC(C)(C)C)c2)CCO1. The first kappa shape index (κ1) is 15.3. The van der Waals surface area contributed by atoms with Crippen LogP contribution in [-0.2, 0) is 11.3 Å². The first-order valence-electron chi connectivity index (χ1n) is 7.54. The van der Waals surface area contributed by atoms with Gasteiger partial charge in [-0.2, -0.15) is 0 Å². The van der Waals surface area contributed by atoms with Crippen LogP contribution in [0.2, 0.25) is 0 Å². The number of nitrogens with zero attached hydrogens (tertiary/aromatic N) is 2. The molecule has 0 amide bonds. The van der Waals surface area contributed by atoms with E-state index in [1.54, 1.807) is 0 Å². The number of hydrogen-bond acceptors (Lipinski definition) is 4. The van der Waals surface area contributed by atoms with Crippen LogP contribution < -0.4 is 10.2 Å². The molecule has 0 aromatic carbocycles. The zero-order valence-electron chi connectivity index (χ0n) is 13.1. The summed E-state index contributed by atoms with van der Waals surface area (Å²) in [5.74, 6) is 0. The van der Waals surface area contributed by atoms with Gasteiger partial charge in [-0.05, 0) is 39.3 Å². The highest BCUT2D eigenvalue weighted by Gasteiger charge is 2.19. The molecule has 0 spiro atoms. The molecule has 1 aromatic heterocycles. The van der Waals surface area contributed by atoms with Crippen molar-refractivity contribution in [1.82, 2.24) is 10.3 Å². The molecule has 0 bridgehead atoms. The van der Waals surface area contributed by atoms with Gasteiger partial charge < -0.3 is 15.0 Å².